The number of amides is 2. The molecule has 1 atom stereocenters. The van der Waals surface area contributed by atoms with Gasteiger partial charge >= 0.3 is 18.0 Å². The minimum absolute atomic E-state index is 0.00447. The lowest BCUT2D eigenvalue weighted by atomic mass is 10.0. The zero-order valence-corrected chi connectivity index (χ0v) is 51.2. The number of ether oxygens (including phenoxy) is 13. The summed E-state index contributed by atoms with van der Waals surface area (Å²) in [7, 11) is 6.27. The fraction of sp³-hybridized carbons (Fsp3) is 0.353. The van der Waals surface area contributed by atoms with Gasteiger partial charge in [-0.2, -0.15) is 0 Å². The molecule has 470 valence electrons. The van der Waals surface area contributed by atoms with E-state index < -0.39 is 35.0 Å². The predicted molar refractivity (Wildman–Crippen MR) is 327 cm³/mol. The monoisotopic (exact) mass is 1210 g/mol. The van der Waals surface area contributed by atoms with Crippen LogP contribution in [0.5, 0.6) is 51.7 Å². The third kappa shape index (κ3) is 16.6. The van der Waals surface area contributed by atoms with E-state index in [9.17, 15) is 4.79 Å². The molecule has 2 amide bonds. The summed E-state index contributed by atoms with van der Waals surface area (Å²) in [6, 6.07) is 46.4. The van der Waals surface area contributed by atoms with Crippen LogP contribution in [0, 0.1) is 0 Å². The van der Waals surface area contributed by atoms with Gasteiger partial charge in [0, 0.05) is 20.6 Å². The Hall–Kier alpha value is -8.79. The molecule has 0 aliphatic carbocycles. The molecule has 0 radical (unpaired) electrons. The first kappa shape index (κ1) is 66.7. The quantitative estimate of drug-likeness (QED) is 0.0166. The smallest absolute Gasteiger partial charge is 0.439 e. The van der Waals surface area contributed by atoms with Crippen LogP contribution in [0.4, 0.5) is 15.0 Å². The molecule has 0 bridgehead atoms. The number of methoxy groups -OCH3 is 5. The largest absolute Gasteiger partial charge is 0.492 e. The molecule has 7 aromatic carbocycles. The minimum atomic E-state index is -3.38. The van der Waals surface area contributed by atoms with E-state index in [1.165, 1.54) is 35.5 Å². The van der Waals surface area contributed by atoms with Crippen LogP contribution in [0.3, 0.4) is 0 Å². The standard InChI is InChI=1S/C68H79FN2O17/c1-9-12-42-81-64-60(85-47-53-37-26-17-27-38-53)55(57(74-4)63(79-11-3)65(64)80-41-10-2)68(77-7,78-8)87-67(88-69,70-48-72)54-58(83-45-51-33-22-15-23-34-51)61(75-5)56(62(76-6)59(54)84-46-52-35-24-16-25-36-52)71(86-43-28-39-49-29-18-13-19-30-49)66(73)82-44-40-50-31-20-14-21-32-50/h13-27,29-38,48H,9-12,28,39-47H2,1-8H3,(H,70,72). The molecule has 0 fully saturated rings. The molecule has 0 heterocycles. The van der Waals surface area contributed by atoms with E-state index >= 15 is 9.32 Å². The van der Waals surface area contributed by atoms with Crippen molar-refractivity contribution < 1.29 is 85.5 Å². The molecule has 0 aliphatic rings. The molecule has 88 heavy (non-hydrogen) atoms. The number of carbonyl (C=O) groups is 2. The number of hydroxylamine groups is 1. The van der Waals surface area contributed by atoms with Crippen LogP contribution in [0.1, 0.15) is 85.4 Å². The first-order chi connectivity index (χ1) is 43.1. The molecule has 7 rings (SSSR count). The number of carbonyl (C=O) groups excluding carboxylic acids is 2. The second kappa shape index (κ2) is 34.5. The van der Waals surface area contributed by atoms with Crippen LogP contribution in [0.15, 0.2) is 152 Å². The highest BCUT2D eigenvalue weighted by Gasteiger charge is 2.57. The Balaban J connectivity index is 1.57. The van der Waals surface area contributed by atoms with E-state index in [0.29, 0.717) is 43.2 Å². The van der Waals surface area contributed by atoms with Gasteiger partial charge in [0.1, 0.15) is 30.9 Å². The molecule has 20 heteroatoms. The fourth-order valence-electron chi connectivity index (χ4n) is 9.45. The highest BCUT2D eigenvalue weighted by atomic mass is 19.3. The number of unbranched alkanes of at least 4 members (excludes halogenated alkanes) is 1. The van der Waals surface area contributed by atoms with Crippen molar-refractivity contribution >= 4 is 18.2 Å². The number of halogens is 1. The van der Waals surface area contributed by atoms with Gasteiger partial charge in [0.25, 0.3) is 0 Å². The Morgan fingerprint density at radius 3 is 1.35 bits per heavy atom. The third-order valence-corrected chi connectivity index (χ3v) is 13.7. The van der Waals surface area contributed by atoms with Crippen molar-refractivity contribution in [2.45, 2.75) is 91.0 Å². The predicted octanol–water partition coefficient (Wildman–Crippen LogP) is 13.4. The summed E-state index contributed by atoms with van der Waals surface area (Å²) in [5.41, 5.74) is 2.70. The fourth-order valence-corrected chi connectivity index (χ4v) is 9.45. The molecule has 0 saturated heterocycles. The van der Waals surface area contributed by atoms with Crippen molar-refractivity contribution in [3.05, 3.63) is 191 Å². The van der Waals surface area contributed by atoms with E-state index in [0.717, 1.165) is 28.2 Å². The molecule has 19 nitrogen and oxygen atoms in total. The van der Waals surface area contributed by atoms with Gasteiger partial charge in [-0.3, -0.25) is 14.4 Å². The normalized spacial score (nSPS) is 11.8. The van der Waals surface area contributed by atoms with Crippen molar-refractivity contribution in [1.82, 2.24) is 5.32 Å². The summed E-state index contributed by atoms with van der Waals surface area (Å²) in [5, 5.41) is 3.28. The average molecular weight is 1220 g/mol. The first-order valence-electron chi connectivity index (χ1n) is 29.1. The number of nitrogens with zero attached hydrogens (tertiary/aromatic N) is 1. The minimum Gasteiger partial charge on any atom is -0.492 e. The average Bonchev–Trinajstić information content (AvgIpc) is 0.905. The van der Waals surface area contributed by atoms with Gasteiger partial charge < -0.3 is 62.2 Å². The Kier molecular flexibility index (Phi) is 26.2. The van der Waals surface area contributed by atoms with Crippen molar-refractivity contribution in [1.29, 1.82) is 0 Å². The number of nitrogens with one attached hydrogen (secondary N) is 1. The van der Waals surface area contributed by atoms with E-state index in [1.807, 2.05) is 117 Å². The van der Waals surface area contributed by atoms with Crippen LogP contribution >= 0.6 is 0 Å². The number of aryl methyl sites for hydroxylation is 1. The first-order valence-corrected chi connectivity index (χ1v) is 29.1. The summed E-state index contributed by atoms with van der Waals surface area (Å²) >= 11 is 0. The summed E-state index contributed by atoms with van der Waals surface area (Å²) in [6.07, 6.45) is 2.30. The number of anilines is 1. The molecule has 1 N–H and O–H groups in total. The van der Waals surface area contributed by atoms with Crippen molar-refractivity contribution in [3.8, 4) is 51.7 Å². The van der Waals surface area contributed by atoms with E-state index in [-0.39, 0.29) is 111 Å². The van der Waals surface area contributed by atoms with Gasteiger partial charge in [-0.25, -0.2) is 4.79 Å². The van der Waals surface area contributed by atoms with Gasteiger partial charge in [0.15, 0.2) is 40.2 Å². The van der Waals surface area contributed by atoms with Crippen molar-refractivity contribution in [2.24, 2.45) is 0 Å². The Labute approximate surface area is 514 Å². The van der Waals surface area contributed by atoms with E-state index in [2.05, 4.69) is 5.32 Å². The third-order valence-electron chi connectivity index (χ3n) is 13.7. The maximum absolute atomic E-state index is 17.4. The lowest BCUT2D eigenvalue weighted by Gasteiger charge is -2.41. The number of rotatable bonds is 39. The molecule has 0 saturated carbocycles. The second-order valence-electron chi connectivity index (χ2n) is 19.6. The van der Waals surface area contributed by atoms with Gasteiger partial charge in [-0.05, 0) is 65.0 Å². The van der Waals surface area contributed by atoms with Gasteiger partial charge in [0.2, 0.25) is 23.7 Å². The maximum atomic E-state index is 17.4. The lowest BCUT2D eigenvalue weighted by molar-refractivity contribution is -0.490. The Morgan fingerprint density at radius 2 is 0.920 bits per heavy atom. The molecule has 0 aromatic heterocycles. The van der Waals surface area contributed by atoms with Crippen LogP contribution in [0.2, 0.25) is 0 Å². The van der Waals surface area contributed by atoms with E-state index in [4.69, 9.17) is 71.4 Å². The van der Waals surface area contributed by atoms with Crippen molar-refractivity contribution in [3.63, 3.8) is 0 Å². The molecule has 0 spiro atoms. The molecule has 7 aromatic rings. The van der Waals surface area contributed by atoms with E-state index in [1.54, 1.807) is 55.5 Å². The topological polar surface area (TPSA) is 188 Å². The number of hydrogen-bond donors (Lipinski definition) is 1. The molecular formula is C68H79FN2O17. The summed E-state index contributed by atoms with van der Waals surface area (Å²) in [6.45, 7) is 5.28. The SMILES string of the molecule is CCCCOc1c(OCCC)c(OCC)c(OC)c(C(OC)(OC)OC(NC=O)(OF)c2c(OCc3ccccc3)c(OC)c(N(OCCCc3ccccc3)C(=O)OCCc3ccccc3)c(OC)c2OCc2ccccc2)c1OCc1ccccc1. The molecular weight excluding hydrogens is 1140 g/mol. The van der Waals surface area contributed by atoms with Crippen LogP contribution < -0.4 is 53.0 Å². The zero-order valence-electron chi connectivity index (χ0n) is 51.2. The summed E-state index contributed by atoms with van der Waals surface area (Å²) in [5.74, 6) is -8.04. The summed E-state index contributed by atoms with van der Waals surface area (Å²) < 4.78 is 102. The van der Waals surface area contributed by atoms with Gasteiger partial charge in [-0.15, -0.1) is 10.0 Å². The highest BCUT2D eigenvalue weighted by Crippen LogP contribution is 2.62. The van der Waals surface area contributed by atoms with Crippen LogP contribution in [-0.2, 0) is 78.1 Å². The second-order valence-corrected chi connectivity index (χ2v) is 19.6. The van der Waals surface area contributed by atoms with Gasteiger partial charge in [-0.1, -0.05) is 172 Å². The molecule has 1 unspecified atom stereocenters. The van der Waals surface area contributed by atoms with Crippen LogP contribution in [0.25, 0.3) is 0 Å². The Morgan fingerprint density at radius 1 is 0.477 bits per heavy atom. The highest BCUT2D eigenvalue weighted by molar-refractivity contribution is 5.93. The van der Waals surface area contributed by atoms with Crippen LogP contribution in [-0.4, -0.2) is 81.1 Å². The Bertz CT molecular complexity index is 3150. The zero-order chi connectivity index (χ0) is 62.6. The maximum Gasteiger partial charge on any atom is 0.439 e. The van der Waals surface area contributed by atoms with Gasteiger partial charge in [0.05, 0.1) is 54.4 Å². The number of hydrogen-bond acceptors (Lipinski definition) is 17. The molecule has 0 aliphatic heterocycles. The lowest BCUT2D eigenvalue weighted by Crippen LogP contribution is -2.53. The van der Waals surface area contributed by atoms with Crippen molar-refractivity contribution in [2.75, 3.05) is 73.6 Å². The number of benzene rings is 7. The summed E-state index contributed by atoms with van der Waals surface area (Å²) in [4.78, 5) is 40.2.